The number of nitrogens with one attached hydrogen (secondary N) is 2. The van der Waals surface area contributed by atoms with Gasteiger partial charge in [0.1, 0.15) is 5.56 Å². The minimum Gasteiger partial charge on any atom is -0.449 e. The molecular weight excluding hydrogens is 474 g/mol. The number of nitrogens with zero attached hydrogens (tertiary/aromatic N) is 4. The lowest BCUT2D eigenvalue weighted by Crippen LogP contribution is -2.60. The van der Waals surface area contributed by atoms with Gasteiger partial charge in [0.05, 0.1) is 18.2 Å². The molecular formula is C26H35N7O4. The van der Waals surface area contributed by atoms with Crippen molar-refractivity contribution < 1.29 is 19.1 Å². The average molecular weight is 510 g/mol. The molecule has 4 aliphatic carbocycles. The summed E-state index contributed by atoms with van der Waals surface area (Å²) in [6.07, 6.45) is 12.7. The molecule has 2 unspecified atom stereocenters. The number of carbonyl (C=O) groups is 3. The van der Waals surface area contributed by atoms with Crippen LogP contribution in [0.4, 0.5) is 4.79 Å². The van der Waals surface area contributed by atoms with Crippen LogP contribution in [0, 0.1) is 28.6 Å². The number of primary amides is 1. The van der Waals surface area contributed by atoms with Crippen LogP contribution in [0.25, 0.3) is 12.0 Å². The molecule has 4 aliphatic rings. The number of hydrogen-bond donors (Lipinski definition) is 3. The van der Waals surface area contributed by atoms with Crippen molar-refractivity contribution in [3.8, 4) is 5.82 Å². The standard InChI is InChI=1S/C26H35N7O4/c1-25(2,23(35)28-3)5-8-33-22(32-7-4-6-29-32)19(14-30-33)21(34)31-20-17-9-16-10-18(20)13-26(11-16,12-17)15-37-24(27)36/h4-8,14,16-18,20H,9-13,15H2,1-3H3,(H2,27,36)(H,28,35)(H,31,34). The minimum absolute atomic E-state index is 0.0275. The predicted molar refractivity (Wildman–Crippen MR) is 135 cm³/mol. The molecule has 11 heteroatoms. The highest BCUT2D eigenvalue weighted by Gasteiger charge is 2.56. The first kappa shape index (κ1) is 25.0. The summed E-state index contributed by atoms with van der Waals surface area (Å²) in [6, 6.07) is 1.84. The lowest BCUT2D eigenvalue weighted by atomic mass is 9.48. The van der Waals surface area contributed by atoms with Gasteiger partial charge in [-0.2, -0.15) is 10.2 Å². The molecule has 4 bridgehead atoms. The molecule has 2 aromatic rings. The molecule has 11 nitrogen and oxygen atoms in total. The number of amides is 3. The lowest BCUT2D eigenvalue weighted by molar-refractivity contribution is -0.126. The molecule has 4 fully saturated rings. The van der Waals surface area contributed by atoms with E-state index in [1.807, 2.05) is 0 Å². The first-order valence-corrected chi connectivity index (χ1v) is 12.8. The van der Waals surface area contributed by atoms with Crippen molar-refractivity contribution in [2.45, 2.75) is 52.0 Å². The summed E-state index contributed by atoms with van der Waals surface area (Å²) >= 11 is 0. The van der Waals surface area contributed by atoms with Crippen LogP contribution in [-0.4, -0.2) is 57.2 Å². The first-order valence-electron chi connectivity index (χ1n) is 12.8. The molecule has 4 saturated carbocycles. The van der Waals surface area contributed by atoms with Crippen LogP contribution >= 0.6 is 0 Å². The maximum absolute atomic E-state index is 13.6. The van der Waals surface area contributed by atoms with Crippen molar-refractivity contribution in [2.24, 2.45) is 34.3 Å². The lowest BCUT2D eigenvalue weighted by Gasteiger charge is -2.59. The molecule has 2 aromatic heterocycles. The van der Waals surface area contributed by atoms with Crippen LogP contribution in [0.2, 0.25) is 0 Å². The largest absolute Gasteiger partial charge is 0.449 e. The third-order valence-electron chi connectivity index (χ3n) is 8.40. The van der Waals surface area contributed by atoms with Gasteiger partial charge in [-0.25, -0.2) is 14.2 Å². The number of nitrogens with two attached hydrogens (primary N) is 1. The highest BCUT2D eigenvalue weighted by molar-refractivity contribution is 5.97. The van der Waals surface area contributed by atoms with Crippen molar-refractivity contribution in [1.82, 2.24) is 30.2 Å². The van der Waals surface area contributed by atoms with Gasteiger partial charge in [0.25, 0.3) is 5.91 Å². The van der Waals surface area contributed by atoms with E-state index in [-0.39, 0.29) is 23.3 Å². The molecule has 0 aliphatic heterocycles. The van der Waals surface area contributed by atoms with Crippen LogP contribution < -0.4 is 16.4 Å². The summed E-state index contributed by atoms with van der Waals surface area (Å²) in [5.74, 6) is 1.44. The van der Waals surface area contributed by atoms with Gasteiger partial charge >= 0.3 is 6.09 Å². The van der Waals surface area contributed by atoms with Crippen LogP contribution in [-0.2, 0) is 9.53 Å². The Kier molecular flexibility index (Phi) is 6.33. The maximum atomic E-state index is 13.6. The third-order valence-corrected chi connectivity index (χ3v) is 8.40. The van der Waals surface area contributed by atoms with Crippen LogP contribution in [0.5, 0.6) is 0 Å². The molecule has 0 radical (unpaired) electrons. The molecule has 6 rings (SSSR count). The zero-order chi connectivity index (χ0) is 26.4. The molecule has 4 N–H and O–H groups in total. The number of ether oxygens (including phenoxy) is 1. The quantitative estimate of drug-likeness (QED) is 0.498. The van der Waals surface area contributed by atoms with Gasteiger partial charge in [0.15, 0.2) is 5.82 Å². The van der Waals surface area contributed by atoms with Gasteiger partial charge in [-0.05, 0) is 69.8 Å². The molecule has 2 atom stereocenters. The summed E-state index contributed by atoms with van der Waals surface area (Å²) in [7, 11) is 1.60. The smallest absolute Gasteiger partial charge is 0.404 e. The highest BCUT2D eigenvalue weighted by atomic mass is 16.5. The van der Waals surface area contributed by atoms with Crippen LogP contribution in [0.3, 0.4) is 0 Å². The van der Waals surface area contributed by atoms with Gasteiger partial charge in [0, 0.05) is 37.1 Å². The summed E-state index contributed by atoms with van der Waals surface area (Å²) < 4.78 is 8.41. The minimum atomic E-state index is -0.765. The van der Waals surface area contributed by atoms with E-state index in [4.69, 9.17) is 10.5 Å². The highest BCUT2D eigenvalue weighted by Crippen LogP contribution is 2.60. The van der Waals surface area contributed by atoms with Gasteiger partial charge in [-0.1, -0.05) is 6.08 Å². The Labute approximate surface area is 215 Å². The summed E-state index contributed by atoms with van der Waals surface area (Å²) in [5, 5.41) is 14.8. The van der Waals surface area contributed by atoms with Crippen LogP contribution in [0.1, 0.15) is 56.3 Å². The first-order chi connectivity index (χ1) is 17.6. The van der Waals surface area contributed by atoms with Crippen molar-refractivity contribution >= 4 is 24.1 Å². The monoisotopic (exact) mass is 509 g/mol. The zero-order valence-electron chi connectivity index (χ0n) is 21.5. The van der Waals surface area contributed by atoms with Crippen molar-refractivity contribution in [3.05, 3.63) is 36.3 Å². The van der Waals surface area contributed by atoms with Gasteiger partial charge in [0.2, 0.25) is 5.91 Å². The van der Waals surface area contributed by atoms with Gasteiger partial charge in [-0.3, -0.25) is 9.59 Å². The molecule has 198 valence electrons. The predicted octanol–water partition coefficient (Wildman–Crippen LogP) is 2.33. The van der Waals surface area contributed by atoms with E-state index in [2.05, 4.69) is 20.8 Å². The maximum Gasteiger partial charge on any atom is 0.404 e. The van der Waals surface area contributed by atoms with E-state index >= 15 is 0 Å². The topological polar surface area (TPSA) is 146 Å². The van der Waals surface area contributed by atoms with E-state index in [0.717, 1.165) is 32.1 Å². The molecule has 37 heavy (non-hydrogen) atoms. The van der Waals surface area contributed by atoms with E-state index in [9.17, 15) is 14.4 Å². The fourth-order valence-electron chi connectivity index (χ4n) is 6.96. The van der Waals surface area contributed by atoms with E-state index in [1.54, 1.807) is 67.2 Å². The fraction of sp³-hybridized carbons (Fsp3) is 0.577. The van der Waals surface area contributed by atoms with Crippen molar-refractivity contribution in [2.75, 3.05) is 13.7 Å². The molecule has 2 heterocycles. The molecule has 0 aromatic carbocycles. The normalized spacial score (nSPS) is 28.4. The number of carbonyl (C=O) groups excluding carboxylic acids is 3. The second-order valence-electron chi connectivity index (χ2n) is 11.5. The van der Waals surface area contributed by atoms with Crippen LogP contribution in [0.15, 0.2) is 30.7 Å². The molecule has 0 spiro atoms. The van der Waals surface area contributed by atoms with E-state index in [1.165, 1.54) is 0 Å². The Morgan fingerprint density at radius 3 is 2.57 bits per heavy atom. The second kappa shape index (κ2) is 9.35. The third kappa shape index (κ3) is 4.74. The van der Waals surface area contributed by atoms with Crippen molar-refractivity contribution in [1.29, 1.82) is 0 Å². The van der Waals surface area contributed by atoms with Gasteiger partial charge < -0.3 is 21.1 Å². The average Bonchev–Trinajstić information content (AvgIpc) is 3.52. The van der Waals surface area contributed by atoms with E-state index < -0.39 is 11.5 Å². The SMILES string of the molecule is CNC(=O)C(C)(C)C=Cn1ncc(C(=O)NC2C3CC4CC2CC(COC(N)=O)(C4)C3)c1-n1cccn1. The molecule has 0 saturated heterocycles. The van der Waals surface area contributed by atoms with Crippen molar-refractivity contribution in [3.63, 3.8) is 0 Å². The summed E-state index contributed by atoms with van der Waals surface area (Å²) in [6.45, 7) is 3.98. The number of aromatic nitrogens is 4. The second-order valence-corrected chi connectivity index (χ2v) is 11.5. The summed E-state index contributed by atoms with van der Waals surface area (Å²) in [4.78, 5) is 37.1. The Morgan fingerprint density at radius 1 is 1.22 bits per heavy atom. The molecule has 3 amide bonds. The fourth-order valence-corrected chi connectivity index (χ4v) is 6.96. The van der Waals surface area contributed by atoms with E-state index in [0.29, 0.717) is 35.7 Å². The Hall–Kier alpha value is -3.63. The Morgan fingerprint density at radius 2 is 1.95 bits per heavy atom. The van der Waals surface area contributed by atoms with Gasteiger partial charge in [-0.15, -0.1) is 0 Å². The Balaban J connectivity index is 1.37. The zero-order valence-corrected chi connectivity index (χ0v) is 21.5. The number of hydrogen-bond acceptors (Lipinski definition) is 6. The Bertz CT molecular complexity index is 1200. The number of rotatable bonds is 8. The summed E-state index contributed by atoms with van der Waals surface area (Å²) in [5.41, 5.74) is 4.86.